The summed E-state index contributed by atoms with van der Waals surface area (Å²) in [7, 11) is 0. The highest BCUT2D eigenvalue weighted by Crippen LogP contribution is 2.60. The van der Waals surface area contributed by atoms with E-state index < -0.39 is 24.0 Å². The number of esters is 2. The van der Waals surface area contributed by atoms with Gasteiger partial charge >= 0.3 is 11.9 Å². The standard InChI is InChI=1S/C26H27NO5/c1-5-30-24(28)17(2)14-21-23(26(21,3)4)25(29)32-22(16-27)18-10-9-13-20(15-18)31-19-11-7-6-8-12-19/h6-15,21-23H,5H2,1-4H3/b17-14+. The molecule has 6 nitrogen and oxygen atoms in total. The van der Waals surface area contributed by atoms with Crippen molar-refractivity contribution in [1.82, 2.24) is 0 Å². The Kier molecular flexibility index (Phi) is 6.99. The molecule has 2 aromatic rings. The Morgan fingerprint density at radius 1 is 1.12 bits per heavy atom. The number of ether oxygens (including phenoxy) is 3. The van der Waals surface area contributed by atoms with Crippen molar-refractivity contribution in [3.05, 3.63) is 71.8 Å². The molecule has 2 aromatic carbocycles. The average molecular weight is 434 g/mol. The van der Waals surface area contributed by atoms with Crippen LogP contribution in [0.1, 0.15) is 39.4 Å². The number of hydrogen-bond acceptors (Lipinski definition) is 6. The quantitative estimate of drug-likeness (QED) is 0.411. The highest BCUT2D eigenvalue weighted by atomic mass is 16.5. The molecule has 3 atom stereocenters. The first-order valence-electron chi connectivity index (χ1n) is 10.6. The fourth-order valence-corrected chi connectivity index (χ4v) is 3.75. The third kappa shape index (κ3) is 5.17. The van der Waals surface area contributed by atoms with Crippen LogP contribution in [0.2, 0.25) is 0 Å². The first-order chi connectivity index (χ1) is 15.3. The van der Waals surface area contributed by atoms with Crippen molar-refractivity contribution in [2.45, 2.75) is 33.8 Å². The fourth-order valence-electron chi connectivity index (χ4n) is 3.75. The number of rotatable bonds is 8. The molecule has 32 heavy (non-hydrogen) atoms. The highest BCUT2D eigenvalue weighted by molar-refractivity contribution is 5.88. The summed E-state index contributed by atoms with van der Waals surface area (Å²) in [5.41, 5.74) is 0.619. The maximum absolute atomic E-state index is 12.9. The van der Waals surface area contributed by atoms with E-state index in [0.717, 1.165) is 0 Å². The van der Waals surface area contributed by atoms with E-state index in [1.54, 1.807) is 44.2 Å². The molecule has 0 spiro atoms. The van der Waals surface area contributed by atoms with Crippen LogP contribution in [-0.2, 0) is 19.1 Å². The molecule has 1 fully saturated rings. The Hall–Kier alpha value is -3.59. The monoisotopic (exact) mass is 433 g/mol. The SMILES string of the molecule is CCOC(=O)/C(C)=C/C1C(C(=O)OC(C#N)c2cccc(Oc3ccccc3)c2)C1(C)C. The van der Waals surface area contributed by atoms with Gasteiger partial charge in [-0.3, -0.25) is 4.79 Å². The van der Waals surface area contributed by atoms with Crippen molar-refractivity contribution in [2.24, 2.45) is 17.3 Å². The van der Waals surface area contributed by atoms with E-state index in [4.69, 9.17) is 14.2 Å². The Balaban J connectivity index is 1.70. The van der Waals surface area contributed by atoms with Crippen molar-refractivity contribution >= 4 is 11.9 Å². The van der Waals surface area contributed by atoms with Crippen LogP contribution < -0.4 is 4.74 Å². The molecule has 0 bridgehead atoms. The first kappa shape index (κ1) is 23.1. The molecule has 6 heteroatoms. The molecule has 0 radical (unpaired) electrons. The van der Waals surface area contributed by atoms with Gasteiger partial charge in [0, 0.05) is 11.1 Å². The molecule has 1 aliphatic rings. The summed E-state index contributed by atoms with van der Waals surface area (Å²) in [5, 5.41) is 9.64. The van der Waals surface area contributed by atoms with E-state index in [0.29, 0.717) is 29.2 Å². The van der Waals surface area contributed by atoms with Gasteiger partial charge in [0.05, 0.1) is 12.5 Å². The third-order valence-corrected chi connectivity index (χ3v) is 5.68. The molecule has 0 saturated heterocycles. The van der Waals surface area contributed by atoms with Gasteiger partial charge in [-0.2, -0.15) is 5.26 Å². The zero-order valence-corrected chi connectivity index (χ0v) is 18.7. The Labute approximate surface area is 188 Å². The van der Waals surface area contributed by atoms with Crippen LogP contribution in [0.4, 0.5) is 0 Å². The van der Waals surface area contributed by atoms with E-state index in [1.807, 2.05) is 44.2 Å². The van der Waals surface area contributed by atoms with Crippen LogP contribution in [0, 0.1) is 28.6 Å². The molecule has 1 aliphatic carbocycles. The molecule has 3 unspecified atom stereocenters. The van der Waals surface area contributed by atoms with E-state index in [-0.39, 0.29) is 11.3 Å². The van der Waals surface area contributed by atoms with E-state index >= 15 is 0 Å². The number of benzene rings is 2. The number of carbonyl (C=O) groups is 2. The lowest BCUT2D eigenvalue weighted by atomic mass is 10.1. The van der Waals surface area contributed by atoms with Crippen LogP contribution in [0.15, 0.2) is 66.2 Å². The lowest BCUT2D eigenvalue weighted by Gasteiger charge is -2.13. The van der Waals surface area contributed by atoms with Crippen LogP contribution in [0.3, 0.4) is 0 Å². The van der Waals surface area contributed by atoms with Crippen molar-refractivity contribution in [3.8, 4) is 17.6 Å². The Morgan fingerprint density at radius 2 is 1.81 bits per heavy atom. The van der Waals surface area contributed by atoms with Crippen LogP contribution in [0.25, 0.3) is 0 Å². The molecule has 1 saturated carbocycles. The summed E-state index contributed by atoms with van der Waals surface area (Å²) in [5.74, 6) is -0.247. The summed E-state index contributed by atoms with van der Waals surface area (Å²) in [4.78, 5) is 24.8. The minimum absolute atomic E-state index is 0.161. The molecule has 0 amide bonds. The topological polar surface area (TPSA) is 85.6 Å². The van der Waals surface area contributed by atoms with Gasteiger partial charge in [0.15, 0.2) is 0 Å². The van der Waals surface area contributed by atoms with Gasteiger partial charge in [0.25, 0.3) is 0 Å². The summed E-state index contributed by atoms with van der Waals surface area (Å²) < 4.78 is 16.4. The lowest BCUT2D eigenvalue weighted by molar-refractivity contribution is -0.149. The van der Waals surface area contributed by atoms with Crippen molar-refractivity contribution in [2.75, 3.05) is 6.61 Å². The van der Waals surface area contributed by atoms with Gasteiger partial charge in [-0.15, -0.1) is 0 Å². The smallest absolute Gasteiger partial charge is 0.333 e. The molecule has 166 valence electrons. The maximum Gasteiger partial charge on any atom is 0.333 e. The Morgan fingerprint density at radius 3 is 2.47 bits per heavy atom. The molecule has 3 rings (SSSR count). The zero-order chi connectivity index (χ0) is 23.3. The highest BCUT2D eigenvalue weighted by Gasteiger charge is 2.62. The van der Waals surface area contributed by atoms with Crippen molar-refractivity contribution in [1.29, 1.82) is 5.26 Å². The van der Waals surface area contributed by atoms with E-state index in [9.17, 15) is 14.9 Å². The van der Waals surface area contributed by atoms with Gasteiger partial charge in [0.2, 0.25) is 6.10 Å². The molecular weight excluding hydrogens is 406 g/mol. The lowest BCUT2D eigenvalue weighted by Crippen LogP contribution is -2.14. The van der Waals surface area contributed by atoms with Crippen LogP contribution in [0.5, 0.6) is 11.5 Å². The van der Waals surface area contributed by atoms with Gasteiger partial charge in [0.1, 0.15) is 17.6 Å². The minimum Gasteiger partial charge on any atom is -0.463 e. The second kappa shape index (κ2) is 9.69. The molecule has 0 aliphatic heterocycles. The minimum atomic E-state index is -1.06. The maximum atomic E-state index is 12.9. The largest absolute Gasteiger partial charge is 0.463 e. The Bertz CT molecular complexity index is 1050. The third-order valence-electron chi connectivity index (χ3n) is 5.68. The molecular formula is C26H27NO5. The summed E-state index contributed by atoms with van der Waals surface area (Å²) in [6.45, 7) is 7.59. The number of para-hydroxylation sites is 1. The van der Waals surface area contributed by atoms with Crippen molar-refractivity contribution < 1.29 is 23.8 Å². The second-order valence-corrected chi connectivity index (χ2v) is 8.33. The average Bonchev–Trinajstić information content (AvgIpc) is 3.32. The number of nitrogens with zero attached hydrogens (tertiary/aromatic N) is 1. The molecule has 0 N–H and O–H groups in total. The normalized spacial score (nSPS) is 19.9. The predicted octanol–water partition coefficient (Wildman–Crippen LogP) is 5.37. The summed E-state index contributed by atoms with van der Waals surface area (Å²) in [6, 6.07) is 18.3. The summed E-state index contributed by atoms with van der Waals surface area (Å²) in [6.07, 6.45) is 0.702. The predicted molar refractivity (Wildman–Crippen MR) is 119 cm³/mol. The number of carbonyl (C=O) groups excluding carboxylic acids is 2. The molecule has 0 heterocycles. The van der Waals surface area contributed by atoms with Gasteiger partial charge in [-0.25, -0.2) is 4.79 Å². The molecule has 0 aromatic heterocycles. The first-order valence-corrected chi connectivity index (χ1v) is 10.6. The van der Waals surface area contributed by atoms with Crippen molar-refractivity contribution in [3.63, 3.8) is 0 Å². The van der Waals surface area contributed by atoms with Gasteiger partial charge in [-0.05, 0) is 49.4 Å². The van der Waals surface area contributed by atoms with Crippen LogP contribution in [-0.4, -0.2) is 18.5 Å². The second-order valence-electron chi connectivity index (χ2n) is 8.33. The number of hydrogen-bond donors (Lipinski definition) is 0. The fraction of sp³-hybridized carbons (Fsp3) is 0.346. The van der Waals surface area contributed by atoms with E-state index in [1.165, 1.54) is 0 Å². The van der Waals surface area contributed by atoms with Gasteiger partial charge < -0.3 is 14.2 Å². The van der Waals surface area contributed by atoms with Gasteiger partial charge in [-0.1, -0.05) is 50.3 Å². The summed E-state index contributed by atoms with van der Waals surface area (Å²) >= 11 is 0. The number of allylic oxidation sites excluding steroid dienone is 1. The number of nitriles is 1. The van der Waals surface area contributed by atoms with E-state index in [2.05, 4.69) is 6.07 Å². The zero-order valence-electron chi connectivity index (χ0n) is 18.7. The van der Waals surface area contributed by atoms with Crippen LogP contribution >= 0.6 is 0 Å².